The van der Waals surface area contributed by atoms with Crippen LogP contribution in [0.15, 0.2) is 30.3 Å². The molecule has 0 spiro atoms. The summed E-state index contributed by atoms with van der Waals surface area (Å²) in [6, 6.07) is 12.1. The van der Waals surface area contributed by atoms with Crippen LogP contribution in [0.1, 0.15) is 18.5 Å². The molecule has 18 heavy (non-hydrogen) atoms. The van der Waals surface area contributed by atoms with Crippen molar-refractivity contribution in [2.24, 2.45) is 5.92 Å². The summed E-state index contributed by atoms with van der Waals surface area (Å²) in [5, 5.41) is 10.2. The number of pyridine rings is 1. The first kappa shape index (κ1) is 11.0. The lowest BCUT2D eigenvalue weighted by atomic mass is 10.1. The monoisotopic (exact) mass is 237 g/mol. The van der Waals surface area contributed by atoms with Crippen molar-refractivity contribution in [2.45, 2.75) is 12.8 Å². The van der Waals surface area contributed by atoms with Crippen molar-refractivity contribution in [1.29, 1.82) is 5.26 Å². The van der Waals surface area contributed by atoms with Gasteiger partial charge in [-0.25, -0.2) is 4.98 Å². The molecule has 1 aromatic carbocycles. The maximum Gasteiger partial charge on any atom is 0.143 e. The predicted molar refractivity (Wildman–Crippen MR) is 72.5 cm³/mol. The second kappa shape index (κ2) is 4.30. The highest BCUT2D eigenvalue weighted by Gasteiger charge is 2.23. The van der Waals surface area contributed by atoms with Gasteiger partial charge in [0.25, 0.3) is 0 Å². The molecule has 3 nitrogen and oxygen atoms in total. The third-order valence-corrected chi connectivity index (χ3v) is 3.45. The molecule has 3 heteroatoms. The Bertz CT molecular complexity index is 623. The molecule has 0 N–H and O–H groups in total. The summed E-state index contributed by atoms with van der Waals surface area (Å²) in [6.07, 6.45) is 2.66. The van der Waals surface area contributed by atoms with E-state index in [0.717, 1.165) is 29.1 Å². The fourth-order valence-electron chi connectivity index (χ4n) is 2.32. The van der Waals surface area contributed by atoms with Gasteiger partial charge in [-0.05, 0) is 30.9 Å². The zero-order valence-corrected chi connectivity index (χ0v) is 10.4. The summed E-state index contributed by atoms with van der Waals surface area (Å²) in [5.41, 5.74) is 2.50. The van der Waals surface area contributed by atoms with Crippen molar-refractivity contribution in [3.8, 4) is 6.07 Å². The summed E-state index contributed by atoms with van der Waals surface area (Å²) >= 11 is 0. The summed E-state index contributed by atoms with van der Waals surface area (Å²) in [4.78, 5) is 6.60. The highest BCUT2D eigenvalue weighted by molar-refractivity contribution is 5.92. The van der Waals surface area contributed by atoms with E-state index in [-0.39, 0.29) is 0 Å². The van der Waals surface area contributed by atoms with Gasteiger partial charge in [0.15, 0.2) is 0 Å². The van der Waals surface area contributed by atoms with Crippen LogP contribution in [-0.2, 0) is 0 Å². The maximum absolute atomic E-state index is 9.07. The fourth-order valence-corrected chi connectivity index (χ4v) is 2.32. The summed E-state index contributed by atoms with van der Waals surface area (Å²) in [7, 11) is 2.10. The van der Waals surface area contributed by atoms with Crippen LogP contribution in [0.5, 0.6) is 0 Å². The summed E-state index contributed by atoms with van der Waals surface area (Å²) < 4.78 is 0. The first-order chi connectivity index (χ1) is 8.78. The number of nitriles is 1. The van der Waals surface area contributed by atoms with E-state index in [0.29, 0.717) is 5.69 Å². The van der Waals surface area contributed by atoms with E-state index in [4.69, 9.17) is 5.26 Å². The van der Waals surface area contributed by atoms with Gasteiger partial charge in [-0.1, -0.05) is 18.2 Å². The van der Waals surface area contributed by atoms with Gasteiger partial charge in [0.05, 0.1) is 5.52 Å². The van der Waals surface area contributed by atoms with Crippen LogP contribution in [0.4, 0.5) is 5.69 Å². The van der Waals surface area contributed by atoms with E-state index < -0.39 is 0 Å². The van der Waals surface area contributed by atoms with Gasteiger partial charge in [0, 0.05) is 24.7 Å². The normalized spacial score (nSPS) is 14.4. The van der Waals surface area contributed by atoms with Gasteiger partial charge >= 0.3 is 0 Å². The Balaban J connectivity index is 2.09. The molecule has 0 amide bonds. The van der Waals surface area contributed by atoms with Crippen LogP contribution in [0.2, 0.25) is 0 Å². The molecule has 0 radical (unpaired) electrons. The van der Waals surface area contributed by atoms with Crippen LogP contribution >= 0.6 is 0 Å². The first-order valence-electron chi connectivity index (χ1n) is 6.29. The van der Waals surface area contributed by atoms with Crippen molar-refractivity contribution in [3.05, 3.63) is 36.0 Å². The first-order valence-corrected chi connectivity index (χ1v) is 6.29. The lowest BCUT2D eigenvalue weighted by Gasteiger charge is -2.21. The maximum atomic E-state index is 9.07. The molecule has 90 valence electrons. The van der Waals surface area contributed by atoms with Crippen LogP contribution in [0.25, 0.3) is 10.9 Å². The number of benzene rings is 1. The molecule has 0 bridgehead atoms. The number of aromatic nitrogens is 1. The van der Waals surface area contributed by atoms with Gasteiger partial charge in [-0.15, -0.1) is 0 Å². The Morgan fingerprint density at radius 1 is 1.39 bits per heavy atom. The second-order valence-electron chi connectivity index (χ2n) is 4.98. The molecule has 2 aromatic rings. The minimum Gasteiger partial charge on any atom is -0.374 e. The van der Waals surface area contributed by atoms with Gasteiger partial charge in [-0.2, -0.15) is 5.26 Å². The number of hydrogen-bond donors (Lipinski definition) is 0. The molecule has 0 aliphatic heterocycles. The quantitative estimate of drug-likeness (QED) is 0.824. The van der Waals surface area contributed by atoms with Crippen LogP contribution < -0.4 is 4.90 Å². The number of para-hydroxylation sites is 1. The number of anilines is 1. The zero-order valence-electron chi connectivity index (χ0n) is 10.4. The Morgan fingerprint density at radius 3 is 2.89 bits per heavy atom. The minimum absolute atomic E-state index is 0.492. The molecule has 3 rings (SSSR count). The van der Waals surface area contributed by atoms with Crippen molar-refractivity contribution in [2.75, 3.05) is 18.5 Å². The second-order valence-corrected chi connectivity index (χ2v) is 4.98. The Morgan fingerprint density at radius 2 is 2.17 bits per heavy atom. The number of nitrogens with zero attached hydrogens (tertiary/aromatic N) is 3. The Hall–Kier alpha value is -2.08. The third kappa shape index (κ3) is 2.02. The lowest BCUT2D eigenvalue weighted by molar-refractivity contribution is 0.789. The molecule has 1 aliphatic rings. The van der Waals surface area contributed by atoms with E-state index in [1.807, 2.05) is 24.3 Å². The van der Waals surface area contributed by atoms with Gasteiger partial charge in [0.2, 0.25) is 0 Å². The highest BCUT2D eigenvalue weighted by Crippen LogP contribution is 2.33. The molecular formula is C15H15N3. The zero-order chi connectivity index (χ0) is 12.5. The van der Waals surface area contributed by atoms with Crippen molar-refractivity contribution in [1.82, 2.24) is 4.98 Å². The molecule has 1 aromatic heterocycles. The molecular weight excluding hydrogens is 222 g/mol. The molecule has 0 saturated heterocycles. The lowest BCUT2D eigenvalue weighted by Crippen LogP contribution is -2.20. The van der Waals surface area contributed by atoms with Crippen LogP contribution in [0.3, 0.4) is 0 Å². The topological polar surface area (TPSA) is 39.9 Å². The number of fused-ring (bicyclic) bond motifs is 1. The van der Waals surface area contributed by atoms with Crippen molar-refractivity contribution < 1.29 is 0 Å². The number of hydrogen-bond acceptors (Lipinski definition) is 3. The van der Waals surface area contributed by atoms with Gasteiger partial charge in [0.1, 0.15) is 11.8 Å². The third-order valence-electron chi connectivity index (χ3n) is 3.45. The van der Waals surface area contributed by atoms with E-state index in [2.05, 4.69) is 29.1 Å². The van der Waals surface area contributed by atoms with Crippen LogP contribution in [0, 0.1) is 17.2 Å². The standard InChI is InChI=1S/C15H15N3/c1-18(10-11-6-7-11)15-8-12(9-16)17-14-5-3-2-4-13(14)15/h2-5,8,11H,6-7,10H2,1H3. The number of rotatable bonds is 3. The minimum atomic E-state index is 0.492. The highest BCUT2D eigenvalue weighted by atomic mass is 15.1. The van der Waals surface area contributed by atoms with Crippen molar-refractivity contribution in [3.63, 3.8) is 0 Å². The van der Waals surface area contributed by atoms with Crippen molar-refractivity contribution >= 4 is 16.6 Å². The Kier molecular flexibility index (Phi) is 2.64. The van der Waals surface area contributed by atoms with E-state index in [1.54, 1.807) is 0 Å². The SMILES string of the molecule is CN(CC1CC1)c1cc(C#N)nc2ccccc12. The van der Waals surface area contributed by atoms with E-state index in [9.17, 15) is 0 Å². The molecule has 1 fully saturated rings. The molecule has 1 saturated carbocycles. The molecule has 0 unspecified atom stereocenters. The van der Waals surface area contributed by atoms with Gasteiger partial charge < -0.3 is 4.90 Å². The summed E-state index contributed by atoms with van der Waals surface area (Å²) in [6.45, 7) is 1.07. The smallest absolute Gasteiger partial charge is 0.143 e. The molecule has 1 heterocycles. The Labute approximate surface area is 107 Å². The molecule has 0 atom stereocenters. The summed E-state index contributed by atoms with van der Waals surface area (Å²) in [5.74, 6) is 0.826. The molecule has 1 aliphatic carbocycles. The van der Waals surface area contributed by atoms with E-state index >= 15 is 0 Å². The fraction of sp³-hybridized carbons (Fsp3) is 0.333. The van der Waals surface area contributed by atoms with E-state index in [1.165, 1.54) is 12.8 Å². The van der Waals surface area contributed by atoms with Gasteiger partial charge in [-0.3, -0.25) is 0 Å². The average Bonchev–Trinajstić information content (AvgIpc) is 3.21. The predicted octanol–water partition coefficient (Wildman–Crippen LogP) is 2.95. The van der Waals surface area contributed by atoms with Crippen LogP contribution in [-0.4, -0.2) is 18.6 Å². The largest absolute Gasteiger partial charge is 0.374 e. The average molecular weight is 237 g/mol.